The molecule has 0 aromatic heterocycles. The van der Waals surface area contributed by atoms with Crippen molar-refractivity contribution in [1.29, 1.82) is 0 Å². The average Bonchev–Trinajstić information content (AvgIpc) is 2.85. The molecular formula is C27H54NO8P. The topological polar surface area (TPSA) is 145 Å². The minimum absolute atomic E-state index is 0.212. The molecule has 0 fully saturated rings. The van der Waals surface area contributed by atoms with Crippen LogP contribution in [0.25, 0.3) is 0 Å². The van der Waals surface area contributed by atoms with E-state index in [-0.39, 0.29) is 19.4 Å². The van der Waals surface area contributed by atoms with E-state index in [0.29, 0.717) is 12.8 Å². The molecule has 0 rings (SSSR count). The summed E-state index contributed by atoms with van der Waals surface area (Å²) in [6.45, 7) is 2.13. The number of esters is 2. The highest BCUT2D eigenvalue weighted by molar-refractivity contribution is 7.46. The Morgan fingerprint density at radius 1 is 0.676 bits per heavy atom. The predicted molar refractivity (Wildman–Crippen MR) is 146 cm³/mol. The summed E-state index contributed by atoms with van der Waals surface area (Å²) in [7, 11) is -4.73. The molecular weight excluding hydrogens is 497 g/mol. The van der Waals surface area contributed by atoms with Crippen molar-refractivity contribution in [1.82, 2.24) is 0 Å². The quantitative estimate of drug-likeness (QED) is 0.0605. The average molecular weight is 552 g/mol. The van der Waals surface area contributed by atoms with Gasteiger partial charge in [0, 0.05) is 12.8 Å². The van der Waals surface area contributed by atoms with E-state index in [1.54, 1.807) is 0 Å². The van der Waals surface area contributed by atoms with Crippen molar-refractivity contribution >= 4 is 19.8 Å². The monoisotopic (exact) mass is 551 g/mol. The summed E-state index contributed by atoms with van der Waals surface area (Å²) in [4.78, 5) is 42.2. The first-order valence-corrected chi connectivity index (χ1v) is 16.1. The van der Waals surface area contributed by atoms with Crippen LogP contribution in [0.3, 0.4) is 0 Å². The molecule has 0 aromatic rings. The molecule has 10 heteroatoms. The van der Waals surface area contributed by atoms with E-state index in [1.807, 2.05) is 0 Å². The molecule has 1 atom stereocenters. The largest absolute Gasteiger partial charge is 0.469 e. The van der Waals surface area contributed by atoms with Crippen molar-refractivity contribution in [2.24, 2.45) is 5.73 Å². The van der Waals surface area contributed by atoms with Crippen molar-refractivity contribution in [3.8, 4) is 0 Å². The van der Waals surface area contributed by atoms with E-state index in [9.17, 15) is 14.2 Å². The van der Waals surface area contributed by atoms with E-state index >= 15 is 0 Å². The number of phosphoric acid groups is 1. The molecule has 0 aromatic carbocycles. The van der Waals surface area contributed by atoms with E-state index in [2.05, 4.69) is 11.4 Å². The molecule has 0 radical (unpaired) electrons. The highest BCUT2D eigenvalue weighted by atomic mass is 31.2. The van der Waals surface area contributed by atoms with Crippen molar-refractivity contribution in [3.05, 3.63) is 0 Å². The molecule has 0 aliphatic rings. The molecule has 0 saturated carbocycles. The first-order chi connectivity index (χ1) is 17.8. The van der Waals surface area contributed by atoms with Crippen molar-refractivity contribution in [2.75, 3.05) is 19.8 Å². The number of rotatable bonds is 27. The summed E-state index contributed by atoms with van der Waals surface area (Å²) >= 11 is 0. The normalized spacial score (nSPS) is 12.4. The smallest absolute Gasteiger partial charge is 0.462 e. The van der Waals surface area contributed by atoms with Crippen LogP contribution in [-0.2, 0) is 28.2 Å². The fraction of sp³-hybridized carbons (Fsp3) is 0.926. The zero-order valence-corrected chi connectivity index (χ0v) is 24.1. The second-order valence-electron chi connectivity index (χ2n) is 9.88. The molecule has 9 nitrogen and oxygen atoms in total. The molecule has 0 saturated heterocycles. The van der Waals surface area contributed by atoms with Crippen LogP contribution in [0.5, 0.6) is 0 Å². The summed E-state index contributed by atoms with van der Waals surface area (Å²) in [5.41, 5.74) is 5.49. The van der Waals surface area contributed by atoms with E-state index in [0.717, 1.165) is 51.5 Å². The molecule has 4 N–H and O–H groups in total. The minimum atomic E-state index is -4.73. The van der Waals surface area contributed by atoms with E-state index < -0.39 is 32.5 Å². The Morgan fingerprint density at radius 3 is 1.57 bits per heavy atom. The van der Waals surface area contributed by atoms with Crippen molar-refractivity contribution in [3.63, 3.8) is 0 Å². The maximum Gasteiger partial charge on any atom is 0.469 e. The molecule has 220 valence electrons. The summed E-state index contributed by atoms with van der Waals surface area (Å²) in [5, 5.41) is 0. The summed E-state index contributed by atoms with van der Waals surface area (Å²) in [6, 6.07) is 0. The van der Waals surface area contributed by atoms with E-state index in [4.69, 9.17) is 25.0 Å². The SMILES string of the molecule is CCCCCCCCCCCC(=O)O[C@H](COC(=O)CCCCCCCCCCCN)COP(=O)(O)O. The molecule has 0 heterocycles. The van der Waals surface area contributed by atoms with Crippen molar-refractivity contribution in [2.45, 2.75) is 141 Å². The number of carbonyl (C=O) groups excluding carboxylic acids is 2. The van der Waals surface area contributed by atoms with Crippen LogP contribution in [0.15, 0.2) is 0 Å². The lowest BCUT2D eigenvalue weighted by Crippen LogP contribution is -2.29. The van der Waals surface area contributed by atoms with Gasteiger partial charge >= 0.3 is 19.8 Å². The summed E-state index contributed by atoms with van der Waals surface area (Å²) in [6.07, 6.45) is 19.3. The summed E-state index contributed by atoms with van der Waals surface area (Å²) in [5.74, 6) is -0.903. The Balaban J connectivity index is 4.06. The Bertz CT molecular complexity index is 599. The maximum atomic E-state index is 12.2. The van der Waals surface area contributed by atoms with Gasteiger partial charge in [0.1, 0.15) is 6.61 Å². The molecule has 37 heavy (non-hydrogen) atoms. The maximum absolute atomic E-state index is 12.2. The third-order valence-electron chi connectivity index (χ3n) is 6.23. The zero-order valence-electron chi connectivity index (χ0n) is 23.2. The van der Waals surface area contributed by atoms with Gasteiger partial charge in [-0.2, -0.15) is 0 Å². The highest BCUT2D eigenvalue weighted by Crippen LogP contribution is 2.35. The number of nitrogens with two attached hydrogens (primary N) is 1. The van der Waals surface area contributed by atoms with Gasteiger partial charge in [0.15, 0.2) is 6.10 Å². The van der Waals surface area contributed by atoms with Crippen LogP contribution >= 0.6 is 7.82 Å². The number of carbonyl (C=O) groups is 2. The second-order valence-corrected chi connectivity index (χ2v) is 11.1. The number of phosphoric ester groups is 1. The standard InChI is InChI=1S/C27H54NO8P/c1-2-3-4-5-6-8-12-15-18-21-27(30)36-25(24-35-37(31,32)33)23-34-26(29)20-17-14-11-9-7-10-13-16-19-22-28/h25H,2-24,28H2,1H3,(H2,31,32,33)/t25-/m1/s1. The van der Waals surface area contributed by atoms with Crippen LogP contribution in [0.4, 0.5) is 0 Å². The fourth-order valence-electron chi connectivity index (χ4n) is 4.03. The Hall–Kier alpha value is -0.990. The third kappa shape index (κ3) is 27.9. The van der Waals surface area contributed by atoms with Crippen LogP contribution in [-0.4, -0.2) is 47.6 Å². The third-order valence-corrected chi connectivity index (χ3v) is 6.71. The van der Waals surface area contributed by atoms with Gasteiger partial charge in [-0.25, -0.2) is 4.57 Å². The Kier molecular flexibility index (Phi) is 24.6. The van der Waals surface area contributed by atoms with Gasteiger partial charge in [0.05, 0.1) is 6.61 Å². The number of hydrogen-bond donors (Lipinski definition) is 3. The first kappa shape index (κ1) is 36.0. The van der Waals surface area contributed by atoms with Crippen LogP contribution in [0.1, 0.15) is 135 Å². The van der Waals surface area contributed by atoms with Crippen LogP contribution in [0.2, 0.25) is 0 Å². The highest BCUT2D eigenvalue weighted by Gasteiger charge is 2.22. The number of unbranched alkanes of at least 4 members (excludes halogenated alkanes) is 16. The van der Waals surface area contributed by atoms with Gasteiger partial charge in [-0.1, -0.05) is 103 Å². The number of ether oxygens (including phenoxy) is 2. The van der Waals surface area contributed by atoms with Gasteiger partial charge in [0.25, 0.3) is 0 Å². The first-order valence-electron chi connectivity index (χ1n) is 14.5. The van der Waals surface area contributed by atoms with Gasteiger partial charge in [-0.05, 0) is 25.8 Å². The molecule has 0 spiro atoms. The molecule has 0 bridgehead atoms. The number of hydrogen-bond acceptors (Lipinski definition) is 7. The second kappa shape index (κ2) is 25.3. The molecule has 0 unspecified atom stereocenters. The lowest BCUT2D eigenvalue weighted by Gasteiger charge is -2.18. The van der Waals surface area contributed by atoms with Gasteiger partial charge in [0.2, 0.25) is 0 Å². The fourth-order valence-corrected chi connectivity index (χ4v) is 4.39. The predicted octanol–water partition coefficient (Wildman–Crippen LogP) is 6.33. The summed E-state index contributed by atoms with van der Waals surface area (Å²) < 4.78 is 26.0. The van der Waals surface area contributed by atoms with Gasteiger partial charge in [-0.15, -0.1) is 0 Å². The molecule has 0 aliphatic heterocycles. The lowest BCUT2D eigenvalue weighted by molar-refractivity contribution is -0.161. The minimum Gasteiger partial charge on any atom is -0.462 e. The van der Waals surface area contributed by atoms with E-state index in [1.165, 1.54) is 57.8 Å². The van der Waals surface area contributed by atoms with Crippen LogP contribution < -0.4 is 5.73 Å². The van der Waals surface area contributed by atoms with Gasteiger partial charge in [-0.3, -0.25) is 14.1 Å². The molecule has 0 amide bonds. The Labute approximate surface area is 224 Å². The lowest BCUT2D eigenvalue weighted by atomic mass is 10.1. The molecule has 0 aliphatic carbocycles. The van der Waals surface area contributed by atoms with Gasteiger partial charge < -0.3 is 25.0 Å². The Morgan fingerprint density at radius 2 is 1.11 bits per heavy atom. The zero-order chi connectivity index (χ0) is 27.6. The van der Waals surface area contributed by atoms with Crippen LogP contribution in [0, 0.1) is 0 Å². The van der Waals surface area contributed by atoms with Crippen molar-refractivity contribution < 1.29 is 37.9 Å².